The summed E-state index contributed by atoms with van der Waals surface area (Å²) in [7, 11) is 1.61. The summed E-state index contributed by atoms with van der Waals surface area (Å²) in [5, 5.41) is 10.4. The summed E-state index contributed by atoms with van der Waals surface area (Å²) in [6.07, 6.45) is 7.87. The molecule has 3 nitrogen and oxygen atoms in total. The van der Waals surface area contributed by atoms with Gasteiger partial charge in [-0.2, -0.15) is 0 Å². The van der Waals surface area contributed by atoms with Crippen molar-refractivity contribution in [3.05, 3.63) is 23.9 Å². The highest BCUT2D eigenvalue weighted by atomic mass is 16.5. The van der Waals surface area contributed by atoms with Gasteiger partial charge in [-0.3, -0.25) is 0 Å². The van der Waals surface area contributed by atoms with Gasteiger partial charge in [0.25, 0.3) is 0 Å². The summed E-state index contributed by atoms with van der Waals surface area (Å²) in [4.78, 5) is 4.16. The zero-order chi connectivity index (χ0) is 11.4. The van der Waals surface area contributed by atoms with Gasteiger partial charge in [0, 0.05) is 18.7 Å². The summed E-state index contributed by atoms with van der Waals surface area (Å²) >= 11 is 0. The van der Waals surface area contributed by atoms with E-state index in [2.05, 4.69) is 4.98 Å². The van der Waals surface area contributed by atoms with Crippen LogP contribution >= 0.6 is 0 Å². The molecular formula is C13H19NO2. The van der Waals surface area contributed by atoms with E-state index in [1.807, 2.05) is 12.1 Å². The van der Waals surface area contributed by atoms with Gasteiger partial charge in [-0.25, -0.2) is 4.98 Å². The van der Waals surface area contributed by atoms with Crippen LogP contribution in [-0.4, -0.2) is 22.8 Å². The molecule has 16 heavy (non-hydrogen) atoms. The van der Waals surface area contributed by atoms with Gasteiger partial charge in [0.1, 0.15) is 0 Å². The maximum absolute atomic E-state index is 10.4. The fourth-order valence-corrected chi connectivity index (χ4v) is 2.40. The lowest BCUT2D eigenvalue weighted by Gasteiger charge is -2.32. The number of aliphatic hydroxyl groups is 1. The molecule has 1 aliphatic carbocycles. The molecular weight excluding hydrogens is 202 g/mol. The summed E-state index contributed by atoms with van der Waals surface area (Å²) in [5.41, 5.74) is 0.583. The molecule has 1 aromatic rings. The van der Waals surface area contributed by atoms with Crippen molar-refractivity contribution < 1.29 is 9.84 Å². The van der Waals surface area contributed by atoms with E-state index in [0.717, 1.165) is 31.2 Å². The van der Waals surface area contributed by atoms with Crippen molar-refractivity contribution in [2.75, 3.05) is 7.11 Å². The van der Waals surface area contributed by atoms with Gasteiger partial charge >= 0.3 is 0 Å². The largest absolute Gasteiger partial charge is 0.481 e. The van der Waals surface area contributed by atoms with E-state index in [-0.39, 0.29) is 0 Å². The Morgan fingerprint density at radius 2 is 2.06 bits per heavy atom. The van der Waals surface area contributed by atoms with Gasteiger partial charge < -0.3 is 9.84 Å². The van der Waals surface area contributed by atoms with Crippen molar-refractivity contribution >= 4 is 0 Å². The fraction of sp³-hybridized carbons (Fsp3) is 0.615. The Hall–Kier alpha value is -1.09. The number of hydrogen-bond donors (Lipinski definition) is 1. The summed E-state index contributed by atoms with van der Waals surface area (Å²) in [5.74, 6) is 0.624. The molecule has 1 saturated carbocycles. The van der Waals surface area contributed by atoms with Crippen molar-refractivity contribution in [2.24, 2.45) is 0 Å². The van der Waals surface area contributed by atoms with Crippen molar-refractivity contribution in [1.82, 2.24) is 4.98 Å². The number of rotatable bonds is 3. The standard InChI is InChI=1S/C13H19NO2/c1-16-12-6-5-11(10-14-12)9-13(15)7-3-2-4-8-13/h5-6,10,15H,2-4,7-9H2,1H3. The predicted molar refractivity (Wildman–Crippen MR) is 62.5 cm³/mol. The molecule has 3 heteroatoms. The Balaban J connectivity index is 2.01. The molecule has 0 unspecified atom stereocenters. The number of hydrogen-bond acceptors (Lipinski definition) is 3. The molecule has 1 fully saturated rings. The van der Waals surface area contributed by atoms with E-state index >= 15 is 0 Å². The van der Waals surface area contributed by atoms with Gasteiger partial charge in [0.15, 0.2) is 0 Å². The first-order chi connectivity index (χ1) is 7.72. The lowest BCUT2D eigenvalue weighted by molar-refractivity contribution is 0.00441. The first-order valence-corrected chi connectivity index (χ1v) is 5.93. The zero-order valence-electron chi connectivity index (χ0n) is 9.78. The molecule has 1 N–H and O–H groups in total. The third kappa shape index (κ3) is 2.73. The fourth-order valence-electron chi connectivity index (χ4n) is 2.40. The minimum Gasteiger partial charge on any atom is -0.481 e. The number of aromatic nitrogens is 1. The van der Waals surface area contributed by atoms with Crippen LogP contribution in [0.25, 0.3) is 0 Å². The number of ether oxygens (including phenoxy) is 1. The SMILES string of the molecule is COc1ccc(CC2(O)CCCCC2)cn1. The second-order valence-corrected chi connectivity index (χ2v) is 4.67. The van der Waals surface area contributed by atoms with Gasteiger partial charge in [-0.15, -0.1) is 0 Å². The second kappa shape index (κ2) is 4.83. The van der Waals surface area contributed by atoms with E-state index in [9.17, 15) is 5.11 Å². The topological polar surface area (TPSA) is 42.4 Å². The van der Waals surface area contributed by atoms with Crippen LogP contribution < -0.4 is 4.74 Å². The Morgan fingerprint density at radius 3 is 2.62 bits per heavy atom. The van der Waals surface area contributed by atoms with Gasteiger partial charge in [0.2, 0.25) is 5.88 Å². The van der Waals surface area contributed by atoms with Crippen LogP contribution in [0.4, 0.5) is 0 Å². The molecule has 0 atom stereocenters. The number of methoxy groups -OCH3 is 1. The van der Waals surface area contributed by atoms with Crippen molar-refractivity contribution in [3.8, 4) is 5.88 Å². The smallest absolute Gasteiger partial charge is 0.212 e. The maximum atomic E-state index is 10.4. The van der Waals surface area contributed by atoms with Gasteiger partial charge in [-0.05, 0) is 18.4 Å². The average molecular weight is 221 g/mol. The Morgan fingerprint density at radius 1 is 1.31 bits per heavy atom. The molecule has 0 aromatic carbocycles. The van der Waals surface area contributed by atoms with Crippen LogP contribution in [0.2, 0.25) is 0 Å². The van der Waals surface area contributed by atoms with E-state index < -0.39 is 5.60 Å². The lowest BCUT2D eigenvalue weighted by Crippen LogP contribution is -2.33. The van der Waals surface area contributed by atoms with Crippen LogP contribution in [0.1, 0.15) is 37.7 Å². The third-order valence-corrected chi connectivity index (χ3v) is 3.32. The highest BCUT2D eigenvalue weighted by molar-refractivity contribution is 5.19. The normalized spacial score (nSPS) is 19.4. The predicted octanol–water partition coefficient (Wildman–Crippen LogP) is 2.33. The molecule has 0 aliphatic heterocycles. The van der Waals surface area contributed by atoms with E-state index in [0.29, 0.717) is 12.3 Å². The molecule has 88 valence electrons. The molecule has 0 spiro atoms. The molecule has 0 saturated heterocycles. The van der Waals surface area contributed by atoms with Crippen molar-refractivity contribution in [3.63, 3.8) is 0 Å². The Kier molecular flexibility index (Phi) is 3.44. The minimum absolute atomic E-state index is 0.505. The molecule has 0 radical (unpaired) electrons. The second-order valence-electron chi connectivity index (χ2n) is 4.67. The molecule has 1 heterocycles. The minimum atomic E-state index is -0.505. The van der Waals surface area contributed by atoms with Crippen LogP contribution in [-0.2, 0) is 6.42 Å². The number of pyridine rings is 1. The van der Waals surface area contributed by atoms with Crippen LogP contribution in [0.3, 0.4) is 0 Å². The van der Waals surface area contributed by atoms with Crippen LogP contribution in [0.15, 0.2) is 18.3 Å². The monoisotopic (exact) mass is 221 g/mol. The van der Waals surface area contributed by atoms with E-state index in [4.69, 9.17) is 4.74 Å². The summed E-state index contributed by atoms with van der Waals surface area (Å²) < 4.78 is 5.01. The van der Waals surface area contributed by atoms with E-state index in [1.165, 1.54) is 6.42 Å². The van der Waals surface area contributed by atoms with E-state index in [1.54, 1.807) is 13.3 Å². The molecule has 1 aliphatic rings. The lowest BCUT2D eigenvalue weighted by atomic mass is 9.81. The first-order valence-electron chi connectivity index (χ1n) is 5.93. The van der Waals surface area contributed by atoms with Crippen molar-refractivity contribution in [2.45, 2.75) is 44.1 Å². The third-order valence-electron chi connectivity index (χ3n) is 3.32. The zero-order valence-corrected chi connectivity index (χ0v) is 9.78. The van der Waals surface area contributed by atoms with Crippen LogP contribution in [0.5, 0.6) is 5.88 Å². The highest BCUT2D eigenvalue weighted by Gasteiger charge is 2.29. The van der Waals surface area contributed by atoms with Crippen LogP contribution in [0, 0.1) is 0 Å². The average Bonchev–Trinajstić information content (AvgIpc) is 2.30. The first kappa shape index (κ1) is 11.4. The van der Waals surface area contributed by atoms with Crippen molar-refractivity contribution in [1.29, 1.82) is 0 Å². The highest BCUT2D eigenvalue weighted by Crippen LogP contribution is 2.31. The Bertz CT molecular complexity index is 328. The Labute approximate surface area is 96.5 Å². The quantitative estimate of drug-likeness (QED) is 0.851. The molecule has 0 bridgehead atoms. The summed E-state index contributed by atoms with van der Waals surface area (Å²) in [6, 6.07) is 3.83. The number of nitrogens with zero attached hydrogens (tertiary/aromatic N) is 1. The molecule has 2 rings (SSSR count). The maximum Gasteiger partial charge on any atom is 0.212 e. The molecule has 0 amide bonds. The van der Waals surface area contributed by atoms with Gasteiger partial charge in [-0.1, -0.05) is 25.3 Å². The molecule has 1 aromatic heterocycles. The summed E-state index contributed by atoms with van der Waals surface area (Å²) in [6.45, 7) is 0. The van der Waals surface area contributed by atoms with Gasteiger partial charge in [0.05, 0.1) is 12.7 Å².